The van der Waals surface area contributed by atoms with Crippen molar-refractivity contribution in [3.63, 3.8) is 0 Å². The number of benzene rings is 8. The van der Waals surface area contributed by atoms with Crippen molar-refractivity contribution in [2.24, 2.45) is 9.98 Å². The molecule has 0 radical (unpaired) electrons. The number of aliphatic imine (C=N–C) groups is 2. The molecule has 53 heavy (non-hydrogen) atoms. The molecule has 1 aromatic heterocycles. The minimum absolute atomic E-state index is 0.349. The van der Waals surface area contributed by atoms with E-state index in [1.807, 2.05) is 24.3 Å². The van der Waals surface area contributed by atoms with Crippen molar-refractivity contribution in [2.45, 2.75) is 6.17 Å². The molecule has 2 heterocycles. The van der Waals surface area contributed by atoms with Gasteiger partial charge in [0.1, 0.15) is 23.2 Å². The first-order valence-electron chi connectivity index (χ1n) is 17.9. The van der Waals surface area contributed by atoms with Crippen molar-refractivity contribution >= 4 is 44.4 Å². The standard InChI is InChI=1S/C49H33N3O/c1-3-10-32(11-4-1)35-18-23-37(24-19-35)47-50-48(38-25-20-36(21-26-38)33-12-5-2-6-13-33)52-49(51-47)42-16-9-17-45-46(42)43-31-41(28-29-44(43)53-45)40-27-22-34-14-7-8-15-39(34)30-40/h1-31,47H,(H,50,51,52). The highest BCUT2D eigenvalue weighted by atomic mass is 16.3. The summed E-state index contributed by atoms with van der Waals surface area (Å²) < 4.78 is 6.46. The Bertz CT molecular complexity index is 2830. The SMILES string of the molecule is c1ccc(-c2ccc(C3=NC(c4cccc5oc6ccc(-c7ccc8ccccc8c7)cc6c45)=NC(c4ccc(-c5ccccc5)cc4)N3)cc2)cc1. The molecule has 0 aliphatic carbocycles. The van der Waals surface area contributed by atoms with Gasteiger partial charge in [-0.2, -0.15) is 0 Å². The number of rotatable bonds is 6. The molecule has 250 valence electrons. The third-order valence-corrected chi connectivity index (χ3v) is 10.2. The van der Waals surface area contributed by atoms with Gasteiger partial charge in [0.2, 0.25) is 0 Å². The fourth-order valence-corrected chi connectivity index (χ4v) is 7.39. The van der Waals surface area contributed by atoms with E-state index in [4.69, 9.17) is 14.4 Å². The summed E-state index contributed by atoms with van der Waals surface area (Å²) in [6.45, 7) is 0. The summed E-state index contributed by atoms with van der Waals surface area (Å²) in [7, 11) is 0. The summed E-state index contributed by atoms with van der Waals surface area (Å²) in [5.41, 5.74) is 11.6. The van der Waals surface area contributed by atoms with Gasteiger partial charge in [-0.25, -0.2) is 9.98 Å². The quantitative estimate of drug-likeness (QED) is 0.190. The summed E-state index contributed by atoms with van der Waals surface area (Å²) in [6.07, 6.45) is -0.349. The highest BCUT2D eigenvalue weighted by Crippen LogP contribution is 2.37. The van der Waals surface area contributed by atoms with Crippen LogP contribution in [-0.2, 0) is 0 Å². The van der Waals surface area contributed by atoms with Crippen LogP contribution in [0.25, 0.3) is 66.1 Å². The van der Waals surface area contributed by atoms with Crippen LogP contribution in [0.1, 0.15) is 22.9 Å². The lowest BCUT2D eigenvalue weighted by Crippen LogP contribution is -2.33. The molecule has 0 spiro atoms. The molecule has 0 bridgehead atoms. The van der Waals surface area contributed by atoms with E-state index in [9.17, 15) is 0 Å². The van der Waals surface area contributed by atoms with Crippen LogP contribution in [0.4, 0.5) is 0 Å². The largest absolute Gasteiger partial charge is 0.456 e. The second-order valence-electron chi connectivity index (χ2n) is 13.4. The molecule has 9 aromatic rings. The second kappa shape index (κ2) is 12.9. The molecule has 1 aliphatic heterocycles. The number of furan rings is 1. The first-order chi connectivity index (χ1) is 26.2. The number of amidine groups is 2. The van der Waals surface area contributed by atoms with Crippen LogP contribution < -0.4 is 5.32 Å². The normalized spacial score (nSPS) is 14.2. The lowest BCUT2D eigenvalue weighted by atomic mass is 9.98. The molecule has 4 nitrogen and oxygen atoms in total. The Morgan fingerprint density at radius 3 is 1.75 bits per heavy atom. The lowest BCUT2D eigenvalue weighted by Gasteiger charge is -2.24. The van der Waals surface area contributed by atoms with Gasteiger partial charge in [0.15, 0.2) is 5.84 Å². The fourth-order valence-electron chi connectivity index (χ4n) is 7.39. The van der Waals surface area contributed by atoms with Crippen LogP contribution in [0.3, 0.4) is 0 Å². The Hall–Kier alpha value is -7.04. The van der Waals surface area contributed by atoms with Crippen molar-refractivity contribution in [3.05, 3.63) is 205 Å². The number of nitrogens with zero attached hydrogens (tertiary/aromatic N) is 2. The number of fused-ring (bicyclic) bond motifs is 4. The van der Waals surface area contributed by atoms with E-state index in [1.54, 1.807) is 0 Å². The maximum atomic E-state index is 6.46. The molecule has 0 fully saturated rings. The molecule has 8 aromatic carbocycles. The maximum Gasteiger partial charge on any atom is 0.160 e. The van der Waals surface area contributed by atoms with Gasteiger partial charge in [-0.3, -0.25) is 0 Å². The highest BCUT2D eigenvalue weighted by molar-refractivity contribution is 6.22. The average molecular weight is 680 g/mol. The van der Waals surface area contributed by atoms with Crippen LogP contribution in [0.15, 0.2) is 202 Å². The minimum atomic E-state index is -0.349. The smallest absolute Gasteiger partial charge is 0.160 e. The van der Waals surface area contributed by atoms with Gasteiger partial charge < -0.3 is 9.73 Å². The van der Waals surface area contributed by atoms with Crippen LogP contribution in [0.5, 0.6) is 0 Å². The molecule has 1 N–H and O–H groups in total. The van der Waals surface area contributed by atoms with Crippen LogP contribution in [0, 0.1) is 0 Å². The Morgan fingerprint density at radius 2 is 1.02 bits per heavy atom. The topological polar surface area (TPSA) is 49.9 Å². The maximum absolute atomic E-state index is 6.46. The first-order valence-corrected chi connectivity index (χ1v) is 17.9. The van der Waals surface area contributed by atoms with Gasteiger partial charge in [0.05, 0.1) is 0 Å². The van der Waals surface area contributed by atoms with E-state index in [0.717, 1.165) is 66.7 Å². The van der Waals surface area contributed by atoms with E-state index < -0.39 is 0 Å². The average Bonchev–Trinajstić information content (AvgIpc) is 3.62. The zero-order chi connectivity index (χ0) is 35.1. The van der Waals surface area contributed by atoms with E-state index >= 15 is 0 Å². The zero-order valence-electron chi connectivity index (χ0n) is 28.8. The van der Waals surface area contributed by atoms with E-state index in [0.29, 0.717) is 5.84 Å². The van der Waals surface area contributed by atoms with Crippen LogP contribution in [0.2, 0.25) is 0 Å². The molecule has 10 rings (SSSR count). The van der Waals surface area contributed by atoms with Gasteiger partial charge in [0, 0.05) is 21.9 Å². The molecule has 0 saturated heterocycles. The van der Waals surface area contributed by atoms with Gasteiger partial charge in [-0.15, -0.1) is 0 Å². The van der Waals surface area contributed by atoms with Gasteiger partial charge in [0.25, 0.3) is 0 Å². The summed E-state index contributed by atoms with van der Waals surface area (Å²) >= 11 is 0. The zero-order valence-corrected chi connectivity index (χ0v) is 28.8. The van der Waals surface area contributed by atoms with Crippen molar-refractivity contribution in [3.8, 4) is 33.4 Å². The number of nitrogens with one attached hydrogen (secondary N) is 1. The molecule has 0 amide bonds. The second-order valence-corrected chi connectivity index (χ2v) is 13.4. The lowest BCUT2D eigenvalue weighted by molar-refractivity contribution is 0.668. The number of hydrogen-bond donors (Lipinski definition) is 1. The monoisotopic (exact) mass is 679 g/mol. The minimum Gasteiger partial charge on any atom is -0.456 e. The highest BCUT2D eigenvalue weighted by Gasteiger charge is 2.24. The Balaban J connectivity index is 1.10. The summed E-state index contributed by atoms with van der Waals surface area (Å²) in [6, 6.07) is 65.9. The fraction of sp³-hybridized carbons (Fsp3) is 0.0204. The molecular formula is C49H33N3O. The predicted molar refractivity (Wildman–Crippen MR) is 219 cm³/mol. The Kier molecular flexibility index (Phi) is 7.51. The van der Waals surface area contributed by atoms with Gasteiger partial charge >= 0.3 is 0 Å². The molecule has 4 heteroatoms. The van der Waals surface area contributed by atoms with Crippen molar-refractivity contribution in [2.75, 3.05) is 0 Å². The predicted octanol–water partition coefficient (Wildman–Crippen LogP) is 12.2. The Labute approximate surface area is 307 Å². The first kappa shape index (κ1) is 30.8. The van der Waals surface area contributed by atoms with Crippen LogP contribution >= 0.6 is 0 Å². The van der Waals surface area contributed by atoms with E-state index in [-0.39, 0.29) is 6.17 Å². The molecule has 0 saturated carbocycles. The molecule has 1 aliphatic rings. The molecule has 1 atom stereocenters. The van der Waals surface area contributed by atoms with E-state index in [2.05, 4.69) is 169 Å². The van der Waals surface area contributed by atoms with Crippen LogP contribution in [-0.4, -0.2) is 11.7 Å². The third-order valence-electron chi connectivity index (χ3n) is 10.2. The van der Waals surface area contributed by atoms with E-state index in [1.165, 1.54) is 21.9 Å². The van der Waals surface area contributed by atoms with Crippen molar-refractivity contribution in [1.82, 2.24) is 5.32 Å². The van der Waals surface area contributed by atoms with Gasteiger partial charge in [-0.1, -0.05) is 164 Å². The summed E-state index contributed by atoms with van der Waals surface area (Å²) in [4.78, 5) is 10.5. The molecule has 1 unspecified atom stereocenters. The number of hydrogen-bond acceptors (Lipinski definition) is 4. The third kappa shape index (κ3) is 5.77. The Morgan fingerprint density at radius 1 is 0.434 bits per heavy atom. The van der Waals surface area contributed by atoms with Crippen molar-refractivity contribution < 1.29 is 4.42 Å². The summed E-state index contributed by atoms with van der Waals surface area (Å²) in [5.74, 6) is 1.43. The van der Waals surface area contributed by atoms with Crippen molar-refractivity contribution in [1.29, 1.82) is 0 Å². The molecular weight excluding hydrogens is 647 g/mol. The summed E-state index contributed by atoms with van der Waals surface area (Å²) in [5, 5.41) is 8.15. The van der Waals surface area contributed by atoms with Gasteiger partial charge in [-0.05, 0) is 74.0 Å².